The van der Waals surface area contributed by atoms with Crippen molar-refractivity contribution in [1.29, 1.82) is 0 Å². The first kappa shape index (κ1) is 13.1. The average molecular weight is 264 g/mol. The van der Waals surface area contributed by atoms with Gasteiger partial charge in [-0.1, -0.05) is 37.6 Å². The summed E-state index contributed by atoms with van der Waals surface area (Å²) in [5.74, 6) is 0. The van der Waals surface area contributed by atoms with Gasteiger partial charge in [0.05, 0.1) is 5.69 Å². The lowest BCUT2D eigenvalue weighted by Crippen LogP contribution is -2.21. The zero-order valence-electron chi connectivity index (χ0n) is 10.9. The van der Waals surface area contributed by atoms with Crippen molar-refractivity contribution in [3.8, 4) is 11.3 Å². The molecule has 0 aliphatic heterocycles. The molecule has 1 N–H and O–H groups in total. The second-order valence-electron chi connectivity index (χ2n) is 4.72. The van der Waals surface area contributed by atoms with Crippen LogP contribution in [0.3, 0.4) is 0 Å². The molecule has 2 aromatic rings. The number of aromatic nitrogens is 2. The van der Waals surface area contributed by atoms with Crippen LogP contribution in [0.5, 0.6) is 0 Å². The summed E-state index contributed by atoms with van der Waals surface area (Å²) < 4.78 is 1.84. The summed E-state index contributed by atoms with van der Waals surface area (Å²) >= 11 is 6.03. The summed E-state index contributed by atoms with van der Waals surface area (Å²) in [6.07, 6.45) is 2.05. The number of halogens is 1. The molecule has 0 spiro atoms. The third-order valence-corrected chi connectivity index (χ3v) is 2.94. The van der Waals surface area contributed by atoms with Crippen LogP contribution in [0, 0.1) is 0 Å². The molecule has 0 bridgehead atoms. The highest BCUT2D eigenvalue weighted by atomic mass is 35.5. The third-order valence-electron chi connectivity index (χ3n) is 2.70. The van der Waals surface area contributed by atoms with E-state index in [2.05, 4.69) is 24.3 Å². The van der Waals surface area contributed by atoms with E-state index in [9.17, 15) is 0 Å². The lowest BCUT2D eigenvalue weighted by Gasteiger charge is -2.08. The molecule has 0 atom stereocenters. The van der Waals surface area contributed by atoms with Crippen LogP contribution < -0.4 is 5.32 Å². The molecule has 0 amide bonds. The lowest BCUT2D eigenvalue weighted by molar-refractivity contribution is 0.589. The first-order chi connectivity index (χ1) is 8.56. The summed E-state index contributed by atoms with van der Waals surface area (Å²) in [4.78, 5) is 0. The van der Waals surface area contributed by atoms with Gasteiger partial charge in [0.25, 0.3) is 0 Å². The monoisotopic (exact) mass is 263 g/mol. The molecule has 0 radical (unpaired) electrons. The summed E-state index contributed by atoms with van der Waals surface area (Å²) in [5.41, 5.74) is 3.24. The fourth-order valence-electron chi connectivity index (χ4n) is 1.86. The minimum absolute atomic E-state index is 0.456. The predicted molar refractivity (Wildman–Crippen MR) is 75.6 cm³/mol. The Labute approximate surface area is 113 Å². The fraction of sp³-hybridized carbons (Fsp3) is 0.357. The Bertz CT molecular complexity index is 532. The molecule has 18 heavy (non-hydrogen) atoms. The van der Waals surface area contributed by atoms with Crippen molar-refractivity contribution in [3.05, 3.63) is 41.0 Å². The zero-order valence-corrected chi connectivity index (χ0v) is 11.7. The number of nitrogens with zero attached hydrogens (tertiary/aromatic N) is 2. The maximum Gasteiger partial charge on any atom is 0.0968 e. The Balaban J connectivity index is 2.32. The predicted octanol–water partition coefficient (Wildman–Crippen LogP) is 3.24. The van der Waals surface area contributed by atoms with Crippen LogP contribution in [0.15, 0.2) is 30.5 Å². The summed E-state index contributed by atoms with van der Waals surface area (Å²) in [6.45, 7) is 5.08. The van der Waals surface area contributed by atoms with Crippen LogP contribution in [-0.2, 0) is 13.6 Å². The van der Waals surface area contributed by atoms with E-state index in [1.165, 1.54) is 5.56 Å². The van der Waals surface area contributed by atoms with E-state index in [1.54, 1.807) is 0 Å². The second-order valence-corrected chi connectivity index (χ2v) is 5.16. The Hall–Kier alpha value is -1.32. The number of nitrogens with one attached hydrogen (secondary N) is 1. The van der Waals surface area contributed by atoms with Crippen LogP contribution in [0.2, 0.25) is 5.02 Å². The van der Waals surface area contributed by atoms with Crippen LogP contribution in [0.4, 0.5) is 0 Å². The molecular formula is C14H18ClN3. The Morgan fingerprint density at radius 1 is 1.39 bits per heavy atom. The minimum Gasteiger partial charge on any atom is -0.310 e. The molecule has 0 saturated carbocycles. The standard InChI is InChI=1S/C14H18ClN3/c1-10(2)16-8-12-9-18(3)17-14(12)11-5-4-6-13(15)7-11/h4-7,9-10,16H,8H2,1-3H3. The number of aryl methyl sites for hydroxylation is 1. The van der Waals surface area contributed by atoms with Gasteiger partial charge in [0.2, 0.25) is 0 Å². The summed E-state index contributed by atoms with van der Waals surface area (Å²) in [6, 6.07) is 8.26. The van der Waals surface area contributed by atoms with E-state index in [4.69, 9.17) is 11.6 Å². The molecule has 1 aromatic heterocycles. The van der Waals surface area contributed by atoms with Gasteiger partial charge < -0.3 is 5.32 Å². The van der Waals surface area contributed by atoms with Crippen molar-refractivity contribution in [1.82, 2.24) is 15.1 Å². The zero-order chi connectivity index (χ0) is 13.1. The first-order valence-corrected chi connectivity index (χ1v) is 6.46. The van der Waals surface area contributed by atoms with E-state index in [0.717, 1.165) is 22.8 Å². The maximum atomic E-state index is 6.03. The van der Waals surface area contributed by atoms with Gasteiger partial charge in [0.1, 0.15) is 0 Å². The quantitative estimate of drug-likeness (QED) is 0.918. The highest BCUT2D eigenvalue weighted by Gasteiger charge is 2.10. The molecule has 4 heteroatoms. The van der Waals surface area contributed by atoms with Crippen LogP contribution in [0.1, 0.15) is 19.4 Å². The molecule has 96 valence electrons. The minimum atomic E-state index is 0.456. The first-order valence-electron chi connectivity index (χ1n) is 6.08. The van der Waals surface area contributed by atoms with Crippen LogP contribution >= 0.6 is 11.6 Å². The van der Waals surface area contributed by atoms with E-state index >= 15 is 0 Å². The fourth-order valence-corrected chi connectivity index (χ4v) is 2.05. The summed E-state index contributed by atoms with van der Waals surface area (Å²) in [7, 11) is 1.94. The molecule has 0 unspecified atom stereocenters. The van der Waals surface area contributed by atoms with Gasteiger partial charge >= 0.3 is 0 Å². The molecule has 0 saturated heterocycles. The van der Waals surface area contributed by atoms with Crippen molar-refractivity contribution in [2.45, 2.75) is 26.4 Å². The van der Waals surface area contributed by atoms with Gasteiger partial charge in [-0.3, -0.25) is 4.68 Å². The molecule has 1 heterocycles. The number of hydrogen-bond donors (Lipinski definition) is 1. The van der Waals surface area contributed by atoms with Gasteiger partial charge in [-0.2, -0.15) is 5.10 Å². The van der Waals surface area contributed by atoms with E-state index in [0.29, 0.717) is 6.04 Å². The van der Waals surface area contributed by atoms with Gasteiger partial charge in [-0.15, -0.1) is 0 Å². The van der Waals surface area contributed by atoms with Crippen LogP contribution in [0.25, 0.3) is 11.3 Å². The number of hydrogen-bond acceptors (Lipinski definition) is 2. The Morgan fingerprint density at radius 2 is 2.17 bits per heavy atom. The normalized spacial score (nSPS) is 11.2. The maximum absolute atomic E-state index is 6.03. The van der Waals surface area contributed by atoms with Gasteiger partial charge in [0, 0.05) is 42.0 Å². The lowest BCUT2D eigenvalue weighted by atomic mass is 10.1. The molecule has 3 nitrogen and oxygen atoms in total. The van der Waals surface area contributed by atoms with Crippen molar-refractivity contribution in [2.75, 3.05) is 0 Å². The number of rotatable bonds is 4. The third kappa shape index (κ3) is 3.12. The van der Waals surface area contributed by atoms with Gasteiger partial charge in [0.15, 0.2) is 0 Å². The largest absolute Gasteiger partial charge is 0.310 e. The van der Waals surface area contributed by atoms with E-state index in [-0.39, 0.29) is 0 Å². The van der Waals surface area contributed by atoms with Crippen molar-refractivity contribution in [3.63, 3.8) is 0 Å². The van der Waals surface area contributed by atoms with Crippen molar-refractivity contribution >= 4 is 11.6 Å². The van der Waals surface area contributed by atoms with E-state index in [1.807, 2.05) is 42.2 Å². The van der Waals surface area contributed by atoms with Crippen molar-refractivity contribution < 1.29 is 0 Å². The van der Waals surface area contributed by atoms with E-state index < -0.39 is 0 Å². The molecule has 0 fully saturated rings. The van der Waals surface area contributed by atoms with Crippen LogP contribution in [-0.4, -0.2) is 15.8 Å². The molecule has 2 rings (SSSR count). The SMILES string of the molecule is CC(C)NCc1cn(C)nc1-c1cccc(Cl)c1. The molecule has 0 aliphatic rings. The molecule has 0 aliphatic carbocycles. The van der Waals surface area contributed by atoms with Crippen molar-refractivity contribution in [2.24, 2.45) is 7.05 Å². The van der Waals surface area contributed by atoms with Gasteiger partial charge in [-0.05, 0) is 12.1 Å². The highest BCUT2D eigenvalue weighted by Crippen LogP contribution is 2.24. The number of benzene rings is 1. The Kier molecular flexibility index (Phi) is 4.04. The Morgan fingerprint density at radius 3 is 2.83 bits per heavy atom. The molecular weight excluding hydrogens is 246 g/mol. The van der Waals surface area contributed by atoms with Gasteiger partial charge in [-0.25, -0.2) is 0 Å². The molecule has 1 aromatic carbocycles. The smallest absolute Gasteiger partial charge is 0.0968 e. The topological polar surface area (TPSA) is 29.9 Å². The summed E-state index contributed by atoms with van der Waals surface area (Å²) in [5, 5.41) is 8.67. The average Bonchev–Trinajstić information content (AvgIpc) is 2.68. The second kappa shape index (κ2) is 5.55. The highest BCUT2D eigenvalue weighted by molar-refractivity contribution is 6.30.